The number of nitrogens with one attached hydrogen (secondary N) is 1. The van der Waals surface area contributed by atoms with E-state index in [-0.39, 0.29) is 12.4 Å². The SMILES string of the molecule is CCNCc1cc(F)cc(OCc2cc(C)on2)c1. The molecule has 0 fully saturated rings. The number of hydrogen-bond acceptors (Lipinski definition) is 4. The summed E-state index contributed by atoms with van der Waals surface area (Å²) in [6.45, 7) is 5.54. The minimum atomic E-state index is -0.304. The van der Waals surface area contributed by atoms with Gasteiger partial charge < -0.3 is 14.6 Å². The molecule has 4 nitrogen and oxygen atoms in total. The summed E-state index contributed by atoms with van der Waals surface area (Å²) in [6.07, 6.45) is 0. The highest BCUT2D eigenvalue weighted by Crippen LogP contribution is 2.18. The Labute approximate surface area is 111 Å². The normalized spacial score (nSPS) is 10.7. The summed E-state index contributed by atoms with van der Waals surface area (Å²) < 4.78 is 23.9. The fourth-order valence-electron chi connectivity index (χ4n) is 1.72. The number of aryl methyl sites for hydroxylation is 1. The fraction of sp³-hybridized carbons (Fsp3) is 0.357. The van der Waals surface area contributed by atoms with Crippen molar-refractivity contribution in [2.24, 2.45) is 0 Å². The standard InChI is InChI=1S/C14H17FN2O2/c1-3-16-8-11-5-12(15)7-14(6-11)18-9-13-4-10(2)19-17-13/h4-7,16H,3,8-9H2,1-2H3. The van der Waals surface area contributed by atoms with Crippen LogP contribution in [0.25, 0.3) is 0 Å². The van der Waals surface area contributed by atoms with E-state index in [9.17, 15) is 4.39 Å². The molecule has 0 aliphatic carbocycles. The molecule has 5 heteroatoms. The second kappa shape index (κ2) is 6.33. The average molecular weight is 264 g/mol. The molecule has 0 spiro atoms. The smallest absolute Gasteiger partial charge is 0.134 e. The molecule has 0 aliphatic heterocycles. The molecular formula is C14H17FN2O2. The minimum Gasteiger partial charge on any atom is -0.487 e. The number of hydrogen-bond donors (Lipinski definition) is 1. The lowest BCUT2D eigenvalue weighted by Crippen LogP contribution is -2.12. The minimum absolute atomic E-state index is 0.265. The van der Waals surface area contributed by atoms with E-state index in [1.54, 1.807) is 6.07 Å². The van der Waals surface area contributed by atoms with Gasteiger partial charge in [-0.25, -0.2) is 4.39 Å². The van der Waals surface area contributed by atoms with Gasteiger partial charge in [-0.15, -0.1) is 0 Å². The van der Waals surface area contributed by atoms with Gasteiger partial charge in [0.1, 0.15) is 29.6 Å². The maximum atomic E-state index is 13.4. The molecule has 1 N–H and O–H groups in total. The number of nitrogens with zero attached hydrogens (tertiary/aromatic N) is 1. The first-order valence-electron chi connectivity index (χ1n) is 6.22. The lowest BCUT2D eigenvalue weighted by molar-refractivity contribution is 0.286. The highest BCUT2D eigenvalue weighted by molar-refractivity contribution is 5.29. The molecule has 102 valence electrons. The van der Waals surface area contributed by atoms with Crippen molar-refractivity contribution in [3.05, 3.63) is 47.1 Å². The lowest BCUT2D eigenvalue weighted by Gasteiger charge is -2.07. The molecule has 0 unspecified atom stereocenters. The van der Waals surface area contributed by atoms with Gasteiger partial charge in [-0.05, 0) is 31.2 Å². The summed E-state index contributed by atoms with van der Waals surface area (Å²) in [5, 5.41) is 6.97. The maximum Gasteiger partial charge on any atom is 0.134 e. The Hall–Kier alpha value is -1.88. The van der Waals surface area contributed by atoms with Crippen LogP contribution < -0.4 is 10.1 Å². The Morgan fingerprint density at radius 2 is 2.16 bits per heavy atom. The van der Waals surface area contributed by atoms with Crippen LogP contribution in [0.4, 0.5) is 4.39 Å². The quantitative estimate of drug-likeness (QED) is 0.871. The highest BCUT2D eigenvalue weighted by Gasteiger charge is 2.04. The van der Waals surface area contributed by atoms with Gasteiger partial charge >= 0.3 is 0 Å². The second-order valence-electron chi connectivity index (χ2n) is 4.29. The number of ether oxygens (including phenoxy) is 1. The lowest BCUT2D eigenvalue weighted by atomic mass is 10.2. The van der Waals surface area contributed by atoms with Crippen molar-refractivity contribution in [2.75, 3.05) is 6.54 Å². The molecule has 0 aliphatic rings. The van der Waals surface area contributed by atoms with Gasteiger partial charge in [-0.3, -0.25) is 0 Å². The third-order valence-corrected chi connectivity index (χ3v) is 2.57. The summed E-state index contributed by atoms with van der Waals surface area (Å²) in [7, 11) is 0. The first-order valence-corrected chi connectivity index (χ1v) is 6.22. The molecule has 1 heterocycles. The Bertz CT molecular complexity index is 540. The third kappa shape index (κ3) is 4.06. The largest absolute Gasteiger partial charge is 0.487 e. The van der Waals surface area contributed by atoms with Crippen LogP contribution in [-0.4, -0.2) is 11.7 Å². The number of halogens is 1. The predicted octanol–water partition coefficient (Wildman–Crippen LogP) is 2.81. The zero-order valence-corrected chi connectivity index (χ0v) is 11.1. The molecule has 1 aromatic heterocycles. The van der Waals surface area contributed by atoms with Crippen LogP contribution in [0, 0.1) is 12.7 Å². The van der Waals surface area contributed by atoms with Crippen molar-refractivity contribution >= 4 is 0 Å². The van der Waals surface area contributed by atoms with Gasteiger partial charge in [-0.2, -0.15) is 0 Å². The van der Waals surface area contributed by atoms with E-state index in [2.05, 4.69) is 10.5 Å². The Morgan fingerprint density at radius 3 is 2.84 bits per heavy atom. The highest BCUT2D eigenvalue weighted by atomic mass is 19.1. The van der Waals surface area contributed by atoms with Crippen LogP contribution in [0.2, 0.25) is 0 Å². The number of benzene rings is 1. The molecule has 0 amide bonds. The molecule has 0 radical (unpaired) electrons. The maximum absolute atomic E-state index is 13.4. The molecule has 2 rings (SSSR count). The van der Waals surface area contributed by atoms with E-state index >= 15 is 0 Å². The number of aromatic nitrogens is 1. The Morgan fingerprint density at radius 1 is 1.32 bits per heavy atom. The molecule has 0 bridgehead atoms. The molecule has 0 saturated carbocycles. The topological polar surface area (TPSA) is 47.3 Å². The average Bonchev–Trinajstić information content (AvgIpc) is 2.79. The van der Waals surface area contributed by atoms with Crippen molar-refractivity contribution < 1.29 is 13.7 Å². The second-order valence-corrected chi connectivity index (χ2v) is 4.29. The van der Waals surface area contributed by atoms with E-state index < -0.39 is 0 Å². The van der Waals surface area contributed by atoms with E-state index in [0.29, 0.717) is 18.0 Å². The summed E-state index contributed by atoms with van der Waals surface area (Å²) >= 11 is 0. The molecule has 19 heavy (non-hydrogen) atoms. The Kier molecular flexibility index (Phi) is 4.52. The summed E-state index contributed by atoms with van der Waals surface area (Å²) in [4.78, 5) is 0. The van der Waals surface area contributed by atoms with Crippen molar-refractivity contribution in [2.45, 2.75) is 27.0 Å². The van der Waals surface area contributed by atoms with Gasteiger partial charge in [0, 0.05) is 18.7 Å². The molecule has 0 saturated heterocycles. The Balaban J connectivity index is 2.01. The van der Waals surface area contributed by atoms with Crippen LogP contribution in [0.3, 0.4) is 0 Å². The van der Waals surface area contributed by atoms with Crippen molar-refractivity contribution in [1.29, 1.82) is 0 Å². The molecule has 0 atom stereocenters. The van der Waals surface area contributed by atoms with Crippen LogP contribution in [0.5, 0.6) is 5.75 Å². The summed E-state index contributed by atoms with van der Waals surface area (Å²) in [5.41, 5.74) is 1.54. The van der Waals surface area contributed by atoms with E-state index in [1.807, 2.05) is 19.9 Å². The molecule has 1 aromatic carbocycles. The fourth-order valence-corrected chi connectivity index (χ4v) is 1.72. The van der Waals surface area contributed by atoms with E-state index in [1.165, 1.54) is 12.1 Å². The predicted molar refractivity (Wildman–Crippen MR) is 69.4 cm³/mol. The van der Waals surface area contributed by atoms with Gasteiger partial charge in [0.2, 0.25) is 0 Å². The monoisotopic (exact) mass is 264 g/mol. The van der Waals surface area contributed by atoms with Crippen molar-refractivity contribution in [3.8, 4) is 5.75 Å². The van der Waals surface area contributed by atoms with Crippen LogP contribution in [-0.2, 0) is 13.2 Å². The summed E-state index contributed by atoms with van der Waals surface area (Å²) in [6, 6.07) is 6.47. The van der Waals surface area contributed by atoms with Gasteiger partial charge in [0.25, 0.3) is 0 Å². The summed E-state index contributed by atoms with van der Waals surface area (Å²) in [5.74, 6) is 0.918. The molecule has 2 aromatic rings. The van der Waals surface area contributed by atoms with Gasteiger partial charge in [0.15, 0.2) is 0 Å². The van der Waals surface area contributed by atoms with Gasteiger partial charge in [0.05, 0.1) is 0 Å². The third-order valence-electron chi connectivity index (χ3n) is 2.57. The first kappa shape index (κ1) is 13.5. The number of rotatable bonds is 6. The van der Waals surface area contributed by atoms with Crippen molar-refractivity contribution in [3.63, 3.8) is 0 Å². The van der Waals surface area contributed by atoms with Crippen molar-refractivity contribution in [1.82, 2.24) is 10.5 Å². The first-order chi connectivity index (χ1) is 9.17. The zero-order chi connectivity index (χ0) is 13.7. The van der Waals surface area contributed by atoms with Crippen LogP contribution >= 0.6 is 0 Å². The van der Waals surface area contributed by atoms with Crippen LogP contribution in [0.15, 0.2) is 28.8 Å². The van der Waals surface area contributed by atoms with E-state index in [4.69, 9.17) is 9.26 Å². The van der Waals surface area contributed by atoms with Crippen LogP contribution in [0.1, 0.15) is 23.9 Å². The zero-order valence-electron chi connectivity index (χ0n) is 11.1. The molecular weight excluding hydrogens is 247 g/mol. The van der Waals surface area contributed by atoms with E-state index in [0.717, 1.165) is 17.9 Å². The van der Waals surface area contributed by atoms with Gasteiger partial charge in [-0.1, -0.05) is 12.1 Å².